The predicted octanol–water partition coefficient (Wildman–Crippen LogP) is 10.2. The van der Waals surface area contributed by atoms with Gasteiger partial charge in [-0.25, -0.2) is 4.98 Å². The van der Waals surface area contributed by atoms with Crippen LogP contribution < -0.4 is 0 Å². The lowest BCUT2D eigenvalue weighted by Gasteiger charge is -2.11. The van der Waals surface area contributed by atoms with Gasteiger partial charge in [-0.15, -0.1) is 11.3 Å². The molecular formula is C40H23N5S. The molecule has 214 valence electrons. The Labute approximate surface area is 268 Å². The Morgan fingerprint density at radius 1 is 0.478 bits per heavy atom. The van der Waals surface area contributed by atoms with Crippen molar-refractivity contribution in [3.8, 4) is 45.9 Å². The second-order valence-electron chi connectivity index (χ2n) is 11.2. The summed E-state index contributed by atoms with van der Waals surface area (Å²) >= 11 is 1.82. The Hall–Kier alpha value is -6.16. The van der Waals surface area contributed by atoms with E-state index < -0.39 is 0 Å². The molecule has 0 aliphatic heterocycles. The Morgan fingerprint density at radius 3 is 2.00 bits per heavy atom. The zero-order valence-corrected chi connectivity index (χ0v) is 25.2. The van der Waals surface area contributed by atoms with E-state index in [-0.39, 0.29) is 0 Å². The van der Waals surface area contributed by atoms with E-state index in [1.54, 1.807) is 0 Å². The van der Waals surface area contributed by atoms with Crippen LogP contribution in [-0.4, -0.2) is 19.5 Å². The number of thiophene rings is 1. The minimum atomic E-state index is 0.567. The fourth-order valence-corrected chi connectivity index (χ4v) is 7.41. The van der Waals surface area contributed by atoms with Crippen LogP contribution in [0, 0.1) is 11.3 Å². The maximum absolute atomic E-state index is 9.26. The van der Waals surface area contributed by atoms with E-state index in [1.807, 2.05) is 78.1 Å². The smallest absolute Gasteiger partial charge is 0.238 e. The molecule has 0 bridgehead atoms. The average molecular weight is 606 g/mol. The van der Waals surface area contributed by atoms with Crippen LogP contribution >= 0.6 is 11.3 Å². The highest BCUT2D eigenvalue weighted by molar-refractivity contribution is 7.25. The first-order valence-electron chi connectivity index (χ1n) is 15.0. The summed E-state index contributed by atoms with van der Waals surface area (Å²) in [5, 5.41) is 14.1. The molecule has 0 radical (unpaired) electrons. The van der Waals surface area contributed by atoms with Gasteiger partial charge in [0.1, 0.15) is 0 Å². The van der Waals surface area contributed by atoms with E-state index in [0.717, 1.165) is 38.7 Å². The Kier molecular flexibility index (Phi) is 5.98. The standard InChI is InChI=1S/C40H23N5S/c41-24-25-17-19-26(20-18-25)28-11-8-12-29(21-28)39-42-38(27-9-2-1-3-10-27)43-40(44-39)45-34-15-6-4-13-30(34)32-23-37-33(22-35(32)45)31-14-5-7-16-36(31)46-37/h1-23H. The monoisotopic (exact) mass is 605 g/mol. The Balaban J connectivity index is 1.31. The molecule has 3 aromatic heterocycles. The normalized spacial score (nSPS) is 11.5. The zero-order valence-electron chi connectivity index (χ0n) is 24.4. The molecule has 3 heterocycles. The molecule has 0 saturated carbocycles. The molecule has 0 fully saturated rings. The summed E-state index contributed by atoms with van der Waals surface area (Å²) in [4.78, 5) is 15.3. The Bertz CT molecular complexity index is 2640. The fraction of sp³-hybridized carbons (Fsp3) is 0. The van der Waals surface area contributed by atoms with Crippen LogP contribution in [0.2, 0.25) is 0 Å². The quantitative estimate of drug-likeness (QED) is 0.200. The number of benzene rings is 6. The minimum Gasteiger partial charge on any atom is -0.278 e. The van der Waals surface area contributed by atoms with Crippen LogP contribution in [0.1, 0.15) is 5.56 Å². The predicted molar refractivity (Wildman–Crippen MR) is 188 cm³/mol. The van der Waals surface area contributed by atoms with Gasteiger partial charge in [-0.1, -0.05) is 97.1 Å². The lowest BCUT2D eigenvalue weighted by molar-refractivity contribution is 0.954. The highest BCUT2D eigenvalue weighted by atomic mass is 32.1. The summed E-state index contributed by atoms with van der Waals surface area (Å²) in [6.07, 6.45) is 0. The van der Waals surface area contributed by atoms with Gasteiger partial charge in [-0.2, -0.15) is 15.2 Å². The number of aromatic nitrogens is 4. The molecule has 9 aromatic rings. The Morgan fingerprint density at radius 2 is 1.17 bits per heavy atom. The van der Waals surface area contributed by atoms with E-state index in [0.29, 0.717) is 23.2 Å². The van der Waals surface area contributed by atoms with Gasteiger partial charge in [0.05, 0.1) is 22.7 Å². The molecule has 9 rings (SSSR count). The van der Waals surface area contributed by atoms with Crippen molar-refractivity contribution in [1.82, 2.24) is 19.5 Å². The molecule has 0 atom stereocenters. The molecule has 0 aliphatic rings. The molecule has 0 aliphatic carbocycles. The third-order valence-corrected chi connectivity index (χ3v) is 9.63. The molecule has 0 amide bonds. The van der Waals surface area contributed by atoms with Crippen LogP contribution in [-0.2, 0) is 0 Å². The SMILES string of the molecule is N#Cc1ccc(-c2cccc(-c3nc(-c4ccccc4)nc(-n4c5ccccc5c5cc6sc7ccccc7c6cc54)n3)c2)cc1. The van der Waals surface area contributed by atoms with Gasteiger partial charge >= 0.3 is 0 Å². The number of para-hydroxylation sites is 1. The van der Waals surface area contributed by atoms with Gasteiger partial charge in [0.2, 0.25) is 5.95 Å². The van der Waals surface area contributed by atoms with Crippen LogP contribution in [0.15, 0.2) is 140 Å². The largest absolute Gasteiger partial charge is 0.278 e. The van der Waals surface area contributed by atoms with Crippen molar-refractivity contribution in [2.45, 2.75) is 0 Å². The third kappa shape index (κ3) is 4.26. The lowest BCUT2D eigenvalue weighted by Crippen LogP contribution is -2.06. The maximum Gasteiger partial charge on any atom is 0.238 e. The van der Waals surface area contributed by atoms with Gasteiger partial charge in [-0.3, -0.25) is 4.57 Å². The van der Waals surface area contributed by atoms with E-state index in [2.05, 4.69) is 83.4 Å². The molecule has 5 nitrogen and oxygen atoms in total. The molecule has 6 heteroatoms. The van der Waals surface area contributed by atoms with Crippen LogP contribution in [0.4, 0.5) is 0 Å². The van der Waals surface area contributed by atoms with Gasteiger partial charge in [0, 0.05) is 42.1 Å². The van der Waals surface area contributed by atoms with E-state index >= 15 is 0 Å². The molecule has 0 unspecified atom stereocenters. The minimum absolute atomic E-state index is 0.567. The number of hydrogen-bond donors (Lipinski definition) is 0. The van der Waals surface area contributed by atoms with Crippen LogP contribution in [0.25, 0.3) is 81.8 Å². The van der Waals surface area contributed by atoms with Gasteiger partial charge in [-0.05, 0) is 53.6 Å². The van der Waals surface area contributed by atoms with Crippen molar-refractivity contribution in [2.75, 3.05) is 0 Å². The van der Waals surface area contributed by atoms with Crippen molar-refractivity contribution in [2.24, 2.45) is 0 Å². The average Bonchev–Trinajstić information content (AvgIpc) is 3.65. The third-order valence-electron chi connectivity index (χ3n) is 8.49. The molecule has 0 N–H and O–H groups in total. The number of nitrogens with zero attached hydrogens (tertiary/aromatic N) is 5. The van der Waals surface area contributed by atoms with Crippen molar-refractivity contribution in [3.05, 3.63) is 145 Å². The second-order valence-corrected chi connectivity index (χ2v) is 12.3. The second kappa shape index (κ2) is 10.5. The molecule has 46 heavy (non-hydrogen) atoms. The van der Waals surface area contributed by atoms with Crippen LogP contribution in [0.3, 0.4) is 0 Å². The van der Waals surface area contributed by atoms with E-state index in [9.17, 15) is 5.26 Å². The van der Waals surface area contributed by atoms with Crippen molar-refractivity contribution in [3.63, 3.8) is 0 Å². The van der Waals surface area contributed by atoms with Crippen molar-refractivity contribution in [1.29, 1.82) is 5.26 Å². The summed E-state index contributed by atoms with van der Waals surface area (Å²) in [5.74, 6) is 1.77. The van der Waals surface area contributed by atoms with E-state index in [1.165, 1.54) is 25.6 Å². The first kappa shape index (κ1) is 26.3. The van der Waals surface area contributed by atoms with Crippen molar-refractivity contribution >= 4 is 53.3 Å². The number of fused-ring (bicyclic) bond motifs is 6. The zero-order chi connectivity index (χ0) is 30.6. The van der Waals surface area contributed by atoms with Gasteiger partial charge < -0.3 is 0 Å². The summed E-state index contributed by atoms with van der Waals surface area (Å²) in [7, 11) is 0. The highest BCUT2D eigenvalue weighted by Crippen LogP contribution is 2.40. The highest BCUT2D eigenvalue weighted by Gasteiger charge is 2.19. The number of rotatable bonds is 4. The topological polar surface area (TPSA) is 67.4 Å². The summed E-state index contributed by atoms with van der Waals surface area (Å²) < 4.78 is 4.72. The molecule has 0 spiro atoms. The molecular weight excluding hydrogens is 583 g/mol. The van der Waals surface area contributed by atoms with Gasteiger partial charge in [0.25, 0.3) is 0 Å². The maximum atomic E-state index is 9.26. The lowest BCUT2D eigenvalue weighted by atomic mass is 10.0. The molecule has 0 saturated heterocycles. The summed E-state index contributed by atoms with van der Waals surface area (Å²) in [6.45, 7) is 0. The molecule has 6 aromatic carbocycles. The summed E-state index contributed by atoms with van der Waals surface area (Å²) in [6, 6.07) is 49.8. The summed E-state index contributed by atoms with van der Waals surface area (Å²) in [5.41, 5.74) is 6.58. The van der Waals surface area contributed by atoms with Gasteiger partial charge in [0.15, 0.2) is 11.6 Å². The number of nitriles is 1. The first-order chi connectivity index (χ1) is 22.7. The fourth-order valence-electron chi connectivity index (χ4n) is 6.29. The number of hydrogen-bond acceptors (Lipinski definition) is 5. The van der Waals surface area contributed by atoms with Crippen LogP contribution in [0.5, 0.6) is 0 Å². The van der Waals surface area contributed by atoms with Crippen molar-refractivity contribution < 1.29 is 0 Å². The van der Waals surface area contributed by atoms with E-state index in [4.69, 9.17) is 15.0 Å². The first-order valence-corrected chi connectivity index (χ1v) is 15.8.